The zero-order valence-corrected chi connectivity index (χ0v) is 15.5. The molecule has 0 saturated carbocycles. The Labute approximate surface area is 158 Å². The van der Waals surface area contributed by atoms with Gasteiger partial charge in [-0.1, -0.05) is 0 Å². The van der Waals surface area contributed by atoms with E-state index in [9.17, 15) is 14.4 Å². The number of urea groups is 1. The topological polar surface area (TPSA) is 140 Å². The van der Waals surface area contributed by atoms with E-state index < -0.39 is 12.0 Å². The molecule has 0 bridgehead atoms. The van der Waals surface area contributed by atoms with Gasteiger partial charge in [0.1, 0.15) is 0 Å². The number of hydrazone groups is 1. The van der Waals surface area contributed by atoms with Crippen LogP contribution < -0.4 is 21.8 Å². The fourth-order valence-electron chi connectivity index (χ4n) is 2.04. The molecule has 26 heavy (non-hydrogen) atoms. The maximum absolute atomic E-state index is 11.9. The van der Waals surface area contributed by atoms with Crippen molar-refractivity contribution < 1.29 is 19.1 Å². The van der Waals surface area contributed by atoms with Gasteiger partial charge >= 0.3 is 12.0 Å². The van der Waals surface area contributed by atoms with E-state index in [4.69, 9.17) is 16.2 Å². The number of amides is 3. The second-order valence-electron chi connectivity index (χ2n) is 5.05. The summed E-state index contributed by atoms with van der Waals surface area (Å²) in [6, 6.07) is 5.72. The summed E-state index contributed by atoms with van der Waals surface area (Å²) in [7, 11) is 0. The van der Waals surface area contributed by atoms with Crippen LogP contribution in [0.25, 0.3) is 0 Å². The summed E-state index contributed by atoms with van der Waals surface area (Å²) in [5, 5.41) is 3.79. The molecule has 144 valence electrons. The number of primary amides is 1. The highest BCUT2D eigenvalue weighted by molar-refractivity contribution is 5.95. The second kappa shape index (κ2) is 11.8. The molecule has 1 aromatic carbocycles. The lowest BCUT2D eigenvalue weighted by Crippen LogP contribution is -2.33. The van der Waals surface area contributed by atoms with Crippen molar-refractivity contribution in [3.63, 3.8) is 0 Å². The van der Waals surface area contributed by atoms with Crippen LogP contribution >= 0.6 is 12.4 Å². The summed E-state index contributed by atoms with van der Waals surface area (Å²) in [6.07, 6.45) is 0.357. The number of nitrogens with one attached hydrogen (secondary N) is 1. The summed E-state index contributed by atoms with van der Waals surface area (Å²) in [5.41, 5.74) is 14.2. The van der Waals surface area contributed by atoms with Crippen LogP contribution in [0.3, 0.4) is 0 Å². The fraction of sp³-hybridized carbons (Fsp3) is 0.375. The predicted octanol–water partition coefficient (Wildman–Crippen LogP) is 1.01. The molecule has 0 spiro atoms. The smallest absolute Gasteiger partial charge is 0.338 e. The Balaban J connectivity index is 0.00000625. The summed E-state index contributed by atoms with van der Waals surface area (Å²) in [4.78, 5) is 35.8. The molecule has 0 aliphatic carbocycles. The Morgan fingerprint density at radius 1 is 1.23 bits per heavy atom. The van der Waals surface area contributed by atoms with Crippen molar-refractivity contribution in [2.45, 2.75) is 20.3 Å². The molecule has 0 unspecified atom stereocenters. The lowest BCUT2D eigenvalue weighted by atomic mass is 10.1. The molecule has 0 aromatic heterocycles. The lowest BCUT2D eigenvalue weighted by molar-refractivity contribution is -0.116. The summed E-state index contributed by atoms with van der Waals surface area (Å²) >= 11 is 0. The fourth-order valence-corrected chi connectivity index (χ4v) is 2.04. The van der Waals surface area contributed by atoms with Crippen molar-refractivity contribution in [1.29, 1.82) is 0 Å². The van der Waals surface area contributed by atoms with E-state index in [1.54, 1.807) is 31.2 Å². The average molecular weight is 386 g/mol. The minimum atomic E-state index is -0.788. The highest BCUT2D eigenvalue weighted by Gasteiger charge is 2.14. The first kappa shape index (κ1) is 23.4. The molecule has 10 heteroatoms. The van der Waals surface area contributed by atoms with Crippen molar-refractivity contribution in [3.8, 4) is 0 Å². The van der Waals surface area contributed by atoms with Crippen LogP contribution in [-0.4, -0.2) is 43.3 Å². The molecule has 0 aliphatic heterocycles. The first-order valence-corrected chi connectivity index (χ1v) is 7.75. The van der Waals surface area contributed by atoms with Crippen molar-refractivity contribution in [1.82, 2.24) is 5.43 Å². The molecule has 3 amide bonds. The number of anilines is 1. The Bertz CT molecular complexity index is 649. The molecule has 0 heterocycles. The summed E-state index contributed by atoms with van der Waals surface area (Å²) in [6.45, 7) is 3.88. The van der Waals surface area contributed by atoms with Crippen LogP contribution in [-0.2, 0) is 9.53 Å². The minimum Gasteiger partial charge on any atom is -0.462 e. The monoisotopic (exact) mass is 385 g/mol. The zero-order valence-electron chi connectivity index (χ0n) is 14.7. The third-order valence-corrected chi connectivity index (χ3v) is 3.25. The largest absolute Gasteiger partial charge is 0.462 e. The number of hydrogen-bond donors (Lipinski definition) is 3. The Kier molecular flexibility index (Phi) is 10.6. The van der Waals surface area contributed by atoms with E-state index in [0.717, 1.165) is 0 Å². The molecule has 1 aromatic rings. The Morgan fingerprint density at radius 2 is 1.85 bits per heavy atom. The van der Waals surface area contributed by atoms with Crippen molar-refractivity contribution >= 4 is 41.7 Å². The van der Waals surface area contributed by atoms with Crippen LogP contribution in [0, 0.1) is 0 Å². The van der Waals surface area contributed by atoms with Gasteiger partial charge in [-0.15, -0.1) is 12.4 Å². The van der Waals surface area contributed by atoms with Crippen molar-refractivity contribution in [3.05, 3.63) is 29.8 Å². The van der Waals surface area contributed by atoms with Crippen molar-refractivity contribution in [2.75, 3.05) is 24.6 Å². The number of nitrogens with two attached hydrogens (primary N) is 2. The molecule has 9 nitrogen and oxygen atoms in total. The van der Waals surface area contributed by atoms with Gasteiger partial charge in [0.25, 0.3) is 0 Å². The SMILES string of the molecule is CCOC(=O)c1ccc(N(CCC(CN)=NNC(N)=O)C(C)=O)cc1.Cl. The number of nitrogens with zero attached hydrogens (tertiary/aromatic N) is 2. The number of hydrogen-bond acceptors (Lipinski definition) is 6. The molecule has 0 radical (unpaired) electrons. The van der Waals surface area contributed by atoms with Gasteiger partial charge in [0, 0.05) is 32.1 Å². The van der Waals surface area contributed by atoms with Gasteiger partial charge in [-0.25, -0.2) is 15.0 Å². The van der Waals surface area contributed by atoms with E-state index >= 15 is 0 Å². The highest BCUT2D eigenvalue weighted by Crippen LogP contribution is 2.17. The number of carbonyl (C=O) groups excluding carboxylic acids is 3. The molecule has 0 fully saturated rings. The first-order chi connectivity index (χ1) is 11.9. The third kappa shape index (κ3) is 7.49. The lowest BCUT2D eigenvalue weighted by Gasteiger charge is -2.21. The maximum atomic E-state index is 11.9. The predicted molar refractivity (Wildman–Crippen MR) is 101 cm³/mol. The quantitative estimate of drug-likeness (QED) is 0.348. The average Bonchev–Trinajstić information content (AvgIpc) is 2.58. The molecule has 5 N–H and O–H groups in total. The summed E-state index contributed by atoms with van der Waals surface area (Å²) < 4.78 is 4.92. The first-order valence-electron chi connectivity index (χ1n) is 7.75. The molecular weight excluding hydrogens is 362 g/mol. The number of ether oxygens (including phenoxy) is 1. The standard InChI is InChI=1S/C16H23N5O4.ClH/c1-3-25-15(23)12-4-6-14(7-5-12)21(11(2)22)9-8-13(10-17)19-20-16(18)24;/h4-7H,3,8-10,17H2,1-2H3,(H3,18,20,24);1H. The molecular formula is C16H24ClN5O4. The van der Waals surface area contributed by atoms with Crippen LogP contribution in [0.4, 0.5) is 10.5 Å². The normalized spacial score (nSPS) is 10.5. The molecule has 0 aliphatic rings. The maximum Gasteiger partial charge on any atom is 0.338 e. The van der Waals surface area contributed by atoms with Gasteiger partial charge in [-0.3, -0.25) is 4.79 Å². The highest BCUT2D eigenvalue weighted by atomic mass is 35.5. The van der Waals surface area contributed by atoms with E-state index in [1.165, 1.54) is 11.8 Å². The number of carbonyl (C=O) groups is 3. The van der Waals surface area contributed by atoms with Crippen molar-refractivity contribution in [2.24, 2.45) is 16.6 Å². The van der Waals surface area contributed by atoms with E-state index in [2.05, 4.69) is 10.5 Å². The van der Waals surface area contributed by atoms with Gasteiger partial charge in [-0.05, 0) is 31.2 Å². The number of halogens is 1. The number of benzene rings is 1. The zero-order chi connectivity index (χ0) is 18.8. The van der Waals surface area contributed by atoms with E-state index in [0.29, 0.717) is 36.5 Å². The third-order valence-electron chi connectivity index (χ3n) is 3.25. The minimum absolute atomic E-state index is 0. The second-order valence-corrected chi connectivity index (χ2v) is 5.05. The van der Waals surface area contributed by atoms with E-state index in [-0.39, 0.29) is 24.9 Å². The van der Waals surface area contributed by atoms with Gasteiger partial charge in [0.15, 0.2) is 0 Å². The van der Waals surface area contributed by atoms with Crippen LogP contribution in [0.1, 0.15) is 30.6 Å². The van der Waals surface area contributed by atoms with Crippen LogP contribution in [0.15, 0.2) is 29.4 Å². The van der Waals surface area contributed by atoms with Gasteiger partial charge < -0.3 is 21.1 Å². The van der Waals surface area contributed by atoms with E-state index in [1.807, 2.05) is 0 Å². The summed E-state index contributed by atoms with van der Waals surface area (Å²) in [5.74, 6) is -0.596. The van der Waals surface area contributed by atoms with Gasteiger partial charge in [0.2, 0.25) is 5.91 Å². The molecule has 0 saturated heterocycles. The Hall–Kier alpha value is -2.65. The van der Waals surface area contributed by atoms with Crippen LogP contribution in [0.2, 0.25) is 0 Å². The van der Waals surface area contributed by atoms with Crippen LogP contribution in [0.5, 0.6) is 0 Å². The van der Waals surface area contributed by atoms with Gasteiger partial charge in [0.05, 0.1) is 17.9 Å². The van der Waals surface area contributed by atoms with Gasteiger partial charge in [-0.2, -0.15) is 5.10 Å². The number of rotatable bonds is 8. The molecule has 1 rings (SSSR count). The number of esters is 1. The molecule has 0 atom stereocenters. The Morgan fingerprint density at radius 3 is 2.31 bits per heavy atom.